The Balaban J connectivity index is 1.30. The van der Waals surface area contributed by atoms with E-state index in [4.69, 9.17) is 4.52 Å². The molecule has 1 aliphatic rings. The molecule has 0 atom stereocenters. The molecule has 2 heterocycles. The zero-order valence-electron chi connectivity index (χ0n) is 14.6. The molecule has 1 aromatic heterocycles. The molecular weight excluding hydrogens is 329 g/mol. The minimum absolute atomic E-state index is 0.245. The summed E-state index contributed by atoms with van der Waals surface area (Å²) >= 11 is 0. The molecule has 4 nitrogen and oxygen atoms in total. The van der Waals surface area contributed by atoms with Gasteiger partial charge in [0.15, 0.2) is 5.76 Å². The van der Waals surface area contributed by atoms with Crippen LogP contribution in [0.3, 0.4) is 0 Å². The third-order valence-electron chi connectivity index (χ3n) is 4.79. The highest BCUT2D eigenvalue weighted by Gasteiger charge is 2.18. The Bertz CT molecular complexity index is 824. The molecule has 0 radical (unpaired) electrons. The van der Waals surface area contributed by atoms with E-state index in [9.17, 15) is 4.39 Å². The SMILES string of the molecule is Fc1ccc(-c2cc(CN3CCN(Cc4ccccc4)CC3)on2)cc1. The zero-order valence-corrected chi connectivity index (χ0v) is 14.6. The average molecular weight is 351 g/mol. The lowest BCUT2D eigenvalue weighted by Gasteiger charge is -2.34. The minimum atomic E-state index is -0.245. The average Bonchev–Trinajstić information content (AvgIpc) is 3.13. The van der Waals surface area contributed by atoms with Crippen molar-refractivity contribution in [2.24, 2.45) is 0 Å². The van der Waals surface area contributed by atoms with Gasteiger partial charge in [0.25, 0.3) is 0 Å². The summed E-state index contributed by atoms with van der Waals surface area (Å²) in [5, 5.41) is 4.12. The van der Waals surface area contributed by atoms with Crippen molar-refractivity contribution in [2.45, 2.75) is 13.1 Å². The minimum Gasteiger partial charge on any atom is -0.359 e. The molecule has 0 aliphatic carbocycles. The van der Waals surface area contributed by atoms with Crippen LogP contribution in [0.5, 0.6) is 0 Å². The predicted octanol–water partition coefficient (Wildman–Crippen LogP) is 3.80. The van der Waals surface area contributed by atoms with Crippen LogP contribution in [0.1, 0.15) is 11.3 Å². The predicted molar refractivity (Wildman–Crippen MR) is 98.9 cm³/mol. The molecular formula is C21H22FN3O. The fourth-order valence-corrected chi connectivity index (χ4v) is 3.31. The van der Waals surface area contributed by atoms with Crippen molar-refractivity contribution in [3.05, 3.63) is 77.8 Å². The molecule has 0 bridgehead atoms. The summed E-state index contributed by atoms with van der Waals surface area (Å²) in [5.74, 6) is 0.603. The Morgan fingerprint density at radius 2 is 1.50 bits per heavy atom. The number of aromatic nitrogens is 1. The van der Waals surface area contributed by atoms with Crippen LogP contribution < -0.4 is 0 Å². The highest BCUT2D eigenvalue weighted by atomic mass is 19.1. The second-order valence-corrected chi connectivity index (χ2v) is 6.72. The van der Waals surface area contributed by atoms with Gasteiger partial charge in [0.2, 0.25) is 0 Å². The maximum absolute atomic E-state index is 13.0. The molecule has 2 aromatic carbocycles. The van der Waals surface area contributed by atoms with Gasteiger partial charge in [-0.05, 0) is 29.8 Å². The van der Waals surface area contributed by atoms with Crippen LogP contribution in [0.2, 0.25) is 0 Å². The maximum atomic E-state index is 13.0. The number of rotatable bonds is 5. The molecule has 3 aromatic rings. The molecule has 1 aliphatic heterocycles. The number of nitrogens with zero attached hydrogens (tertiary/aromatic N) is 3. The number of halogens is 1. The van der Waals surface area contributed by atoms with Crippen LogP contribution in [0, 0.1) is 5.82 Å². The lowest BCUT2D eigenvalue weighted by Crippen LogP contribution is -2.45. The molecule has 4 rings (SSSR count). The van der Waals surface area contributed by atoms with Gasteiger partial charge in [-0.15, -0.1) is 0 Å². The summed E-state index contributed by atoms with van der Waals surface area (Å²) in [4.78, 5) is 4.87. The van der Waals surface area contributed by atoms with Gasteiger partial charge in [0.05, 0.1) is 6.54 Å². The van der Waals surface area contributed by atoms with Crippen LogP contribution in [0.4, 0.5) is 4.39 Å². The summed E-state index contributed by atoms with van der Waals surface area (Å²) in [6.07, 6.45) is 0. The Morgan fingerprint density at radius 3 is 2.19 bits per heavy atom. The summed E-state index contributed by atoms with van der Waals surface area (Å²) in [6, 6.07) is 18.9. The second-order valence-electron chi connectivity index (χ2n) is 6.72. The van der Waals surface area contributed by atoms with Crippen molar-refractivity contribution < 1.29 is 8.91 Å². The lowest BCUT2D eigenvalue weighted by atomic mass is 10.1. The molecule has 0 N–H and O–H groups in total. The molecule has 0 amide bonds. The molecule has 0 saturated carbocycles. The Hall–Kier alpha value is -2.50. The van der Waals surface area contributed by atoms with E-state index in [1.165, 1.54) is 17.7 Å². The Morgan fingerprint density at radius 1 is 0.846 bits per heavy atom. The van der Waals surface area contributed by atoms with Crippen LogP contribution in [0.15, 0.2) is 65.2 Å². The Labute approximate surface area is 152 Å². The summed E-state index contributed by atoms with van der Waals surface area (Å²) in [6.45, 7) is 5.89. The molecule has 1 saturated heterocycles. The van der Waals surface area contributed by atoms with Gasteiger partial charge < -0.3 is 4.52 Å². The Kier molecular flexibility index (Phi) is 5.09. The van der Waals surface area contributed by atoms with Crippen LogP contribution >= 0.6 is 0 Å². The standard InChI is InChI=1S/C21H22FN3O/c22-19-8-6-18(7-9-19)21-14-20(26-23-21)16-25-12-10-24(11-13-25)15-17-4-2-1-3-5-17/h1-9,14H,10-13,15-16H2. The first-order valence-electron chi connectivity index (χ1n) is 8.96. The van der Waals surface area contributed by atoms with Gasteiger partial charge >= 0.3 is 0 Å². The molecule has 26 heavy (non-hydrogen) atoms. The van der Waals surface area contributed by atoms with Gasteiger partial charge in [-0.2, -0.15) is 0 Å². The number of piperazine rings is 1. The van der Waals surface area contributed by atoms with Crippen molar-refractivity contribution in [1.29, 1.82) is 0 Å². The first kappa shape index (κ1) is 16.9. The summed E-state index contributed by atoms with van der Waals surface area (Å²) in [5.41, 5.74) is 2.98. The third kappa shape index (κ3) is 4.18. The van der Waals surface area contributed by atoms with E-state index in [0.717, 1.165) is 56.3 Å². The molecule has 0 spiro atoms. The van der Waals surface area contributed by atoms with Gasteiger partial charge in [0.1, 0.15) is 11.5 Å². The zero-order chi connectivity index (χ0) is 17.8. The van der Waals surface area contributed by atoms with E-state index in [2.05, 4.69) is 45.3 Å². The van der Waals surface area contributed by atoms with Crippen molar-refractivity contribution >= 4 is 0 Å². The second kappa shape index (κ2) is 7.81. The van der Waals surface area contributed by atoms with E-state index in [1.807, 2.05) is 6.07 Å². The van der Waals surface area contributed by atoms with Crippen molar-refractivity contribution in [3.63, 3.8) is 0 Å². The first-order valence-corrected chi connectivity index (χ1v) is 8.96. The third-order valence-corrected chi connectivity index (χ3v) is 4.79. The van der Waals surface area contributed by atoms with Crippen molar-refractivity contribution in [3.8, 4) is 11.3 Å². The van der Waals surface area contributed by atoms with E-state index in [-0.39, 0.29) is 5.82 Å². The highest BCUT2D eigenvalue weighted by Crippen LogP contribution is 2.20. The van der Waals surface area contributed by atoms with E-state index in [0.29, 0.717) is 0 Å². The van der Waals surface area contributed by atoms with Crippen LogP contribution in [0.25, 0.3) is 11.3 Å². The highest BCUT2D eigenvalue weighted by molar-refractivity contribution is 5.58. The smallest absolute Gasteiger partial charge is 0.151 e. The van der Waals surface area contributed by atoms with E-state index < -0.39 is 0 Å². The first-order chi connectivity index (χ1) is 12.8. The number of benzene rings is 2. The largest absolute Gasteiger partial charge is 0.359 e. The fourth-order valence-electron chi connectivity index (χ4n) is 3.31. The molecule has 134 valence electrons. The van der Waals surface area contributed by atoms with Crippen LogP contribution in [-0.2, 0) is 13.1 Å². The van der Waals surface area contributed by atoms with E-state index >= 15 is 0 Å². The number of hydrogen-bond donors (Lipinski definition) is 0. The molecule has 0 unspecified atom stereocenters. The summed E-state index contributed by atoms with van der Waals surface area (Å²) in [7, 11) is 0. The molecule has 5 heteroatoms. The monoisotopic (exact) mass is 351 g/mol. The van der Waals surface area contributed by atoms with Crippen LogP contribution in [-0.4, -0.2) is 41.1 Å². The fraction of sp³-hybridized carbons (Fsp3) is 0.286. The van der Waals surface area contributed by atoms with Gasteiger partial charge in [-0.3, -0.25) is 9.80 Å². The van der Waals surface area contributed by atoms with Gasteiger partial charge in [0, 0.05) is 44.4 Å². The summed E-state index contributed by atoms with van der Waals surface area (Å²) < 4.78 is 18.5. The van der Waals surface area contributed by atoms with Crippen molar-refractivity contribution in [2.75, 3.05) is 26.2 Å². The van der Waals surface area contributed by atoms with Gasteiger partial charge in [-0.1, -0.05) is 35.5 Å². The van der Waals surface area contributed by atoms with Crippen molar-refractivity contribution in [1.82, 2.24) is 15.0 Å². The normalized spacial score (nSPS) is 16.0. The number of hydrogen-bond acceptors (Lipinski definition) is 4. The molecule has 1 fully saturated rings. The van der Waals surface area contributed by atoms with E-state index in [1.54, 1.807) is 12.1 Å². The quantitative estimate of drug-likeness (QED) is 0.700. The lowest BCUT2D eigenvalue weighted by molar-refractivity contribution is 0.114. The maximum Gasteiger partial charge on any atom is 0.151 e. The van der Waals surface area contributed by atoms with Gasteiger partial charge in [-0.25, -0.2) is 4.39 Å². The topological polar surface area (TPSA) is 32.5 Å².